The van der Waals surface area contributed by atoms with E-state index in [1.807, 2.05) is 4.90 Å². The Morgan fingerprint density at radius 1 is 1.17 bits per heavy atom. The average Bonchev–Trinajstić information content (AvgIpc) is 3.38. The van der Waals surface area contributed by atoms with Crippen LogP contribution in [0.5, 0.6) is 0 Å². The molecule has 6 heteroatoms. The minimum absolute atomic E-state index is 0.118. The molecule has 2 fully saturated rings. The Kier molecular flexibility index (Phi) is 4.91. The third kappa shape index (κ3) is 4.51. The highest BCUT2D eigenvalue weighted by atomic mass is 19.1. The zero-order valence-electron chi connectivity index (χ0n) is 13.1. The van der Waals surface area contributed by atoms with Crippen LogP contribution in [0.1, 0.15) is 19.3 Å². The first-order valence-electron chi connectivity index (χ1n) is 8.18. The lowest BCUT2D eigenvalue weighted by atomic mass is 10.2. The predicted octanol–water partition coefficient (Wildman–Crippen LogP) is 1.71. The van der Waals surface area contributed by atoms with Gasteiger partial charge in [0, 0.05) is 50.7 Å². The molecule has 0 unspecified atom stereocenters. The van der Waals surface area contributed by atoms with Gasteiger partial charge in [-0.2, -0.15) is 0 Å². The van der Waals surface area contributed by atoms with Crippen molar-refractivity contribution >= 4 is 17.5 Å². The highest BCUT2D eigenvalue weighted by molar-refractivity contribution is 5.90. The summed E-state index contributed by atoms with van der Waals surface area (Å²) in [5.74, 6) is 0.0958. The fourth-order valence-corrected chi connectivity index (χ4v) is 2.83. The van der Waals surface area contributed by atoms with Gasteiger partial charge >= 0.3 is 0 Å². The summed E-state index contributed by atoms with van der Waals surface area (Å²) in [5, 5.41) is 2.70. The number of halogens is 1. The van der Waals surface area contributed by atoms with Crippen LogP contribution in [0.25, 0.3) is 0 Å². The second-order valence-electron chi connectivity index (χ2n) is 6.25. The number of carbonyl (C=O) groups excluding carboxylic acids is 2. The summed E-state index contributed by atoms with van der Waals surface area (Å²) in [4.78, 5) is 28.0. The molecule has 0 aromatic heterocycles. The molecule has 23 heavy (non-hydrogen) atoms. The molecule has 1 aliphatic carbocycles. The lowest BCUT2D eigenvalue weighted by Gasteiger charge is -2.34. The fourth-order valence-electron chi connectivity index (χ4n) is 2.83. The second kappa shape index (κ2) is 7.08. The van der Waals surface area contributed by atoms with Gasteiger partial charge in [-0.1, -0.05) is 6.07 Å². The molecule has 3 rings (SSSR count). The lowest BCUT2D eigenvalue weighted by Crippen LogP contribution is -2.49. The molecule has 0 atom stereocenters. The van der Waals surface area contributed by atoms with Crippen LogP contribution < -0.4 is 5.32 Å². The average molecular weight is 319 g/mol. The molecule has 1 N–H and O–H groups in total. The SMILES string of the molecule is O=C(CCN1CCN(C(=O)C2CC2)CC1)Nc1cccc(F)c1. The summed E-state index contributed by atoms with van der Waals surface area (Å²) in [6, 6.07) is 5.89. The van der Waals surface area contributed by atoms with E-state index in [9.17, 15) is 14.0 Å². The van der Waals surface area contributed by atoms with Crippen LogP contribution >= 0.6 is 0 Å². The summed E-state index contributed by atoms with van der Waals surface area (Å²) < 4.78 is 13.1. The molecule has 2 amide bonds. The summed E-state index contributed by atoms with van der Waals surface area (Å²) in [7, 11) is 0. The quantitative estimate of drug-likeness (QED) is 0.899. The van der Waals surface area contributed by atoms with Gasteiger partial charge in [-0.05, 0) is 31.0 Å². The van der Waals surface area contributed by atoms with Crippen LogP contribution in [0.4, 0.5) is 10.1 Å². The molecular formula is C17H22FN3O2. The molecular weight excluding hydrogens is 297 g/mol. The van der Waals surface area contributed by atoms with Crippen molar-refractivity contribution in [2.24, 2.45) is 5.92 Å². The van der Waals surface area contributed by atoms with Gasteiger partial charge in [0.05, 0.1) is 0 Å². The number of nitrogens with one attached hydrogen (secondary N) is 1. The number of amides is 2. The number of rotatable bonds is 5. The molecule has 1 aliphatic heterocycles. The maximum Gasteiger partial charge on any atom is 0.225 e. The van der Waals surface area contributed by atoms with Crippen molar-refractivity contribution in [3.05, 3.63) is 30.1 Å². The van der Waals surface area contributed by atoms with Crippen LogP contribution in [0, 0.1) is 11.7 Å². The van der Waals surface area contributed by atoms with E-state index in [1.165, 1.54) is 12.1 Å². The Morgan fingerprint density at radius 3 is 2.57 bits per heavy atom. The van der Waals surface area contributed by atoms with Gasteiger partial charge in [-0.3, -0.25) is 14.5 Å². The van der Waals surface area contributed by atoms with Crippen LogP contribution in [-0.2, 0) is 9.59 Å². The van der Waals surface area contributed by atoms with Crippen molar-refractivity contribution in [2.75, 3.05) is 38.0 Å². The first-order valence-corrected chi connectivity index (χ1v) is 8.18. The van der Waals surface area contributed by atoms with Gasteiger partial charge in [0.25, 0.3) is 0 Å². The molecule has 0 spiro atoms. The molecule has 1 saturated carbocycles. The van der Waals surface area contributed by atoms with E-state index in [0.717, 1.165) is 39.0 Å². The van der Waals surface area contributed by atoms with Gasteiger partial charge in [-0.25, -0.2) is 4.39 Å². The van der Waals surface area contributed by atoms with Crippen LogP contribution in [-0.4, -0.2) is 54.3 Å². The van der Waals surface area contributed by atoms with Crippen molar-refractivity contribution in [1.82, 2.24) is 9.80 Å². The standard InChI is InChI=1S/C17H22FN3O2/c18-14-2-1-3-15(12-14)19-16(22)6-7-20-8-10-21(11-9-20)17(23)13-4-5-13/h1-3,12-13H,4-11H2,(H,19,22). The summed E-state index contributed by atoms with van der Waals surface area (Å²) >= 11 is 0. The van der Waals surface area contributed by atoms with Crippen molar-refractivity contribution in [1.29, 1.82) is 0 Å². The van der Waals surface area contributed by atoms with E-state index in [1.54, 1.807) is 12.1 Å². The zero-order chi connectivity index (χ0) is 16.2. The second-order valence-corrected chi connectivity index (χ2v) is 6.25. The number of nitrogens with zero attached hydrogens (tertiary/aromatic N) is 2. The molecule has 5 nitrogen and oxygen atoms in total. The van der Waals surface area contributed by atoms with E-state index in [2.05, 4.69) is 10.2 Å². The first kappa shape index (κ1) is 15.9. The molecule has 124 valence electrons. The minimum atomic E-state index is -0.362. The molecule has 1 saturated heterocycles. The fraction of sp³-hybridized carbons (Fsp3) is 0.529. The smallest absolute Gasteiger partial charge is 0.225 e. The number of piperazine rings is 1. The van der Waals surface area contributed by atoms with E-state index < -0.39 is 0 Å². The molecule has 1 heterocycles. The van der Waals surface area contributed by atoms with Gasteiger partial charge in [0.2, 0.25) is 11.8 Å². The van der Waals surface area contributed by atoms with Crippen LogP contribution in [0.3, 0.4) is 0 Å². The Morgan fingerprint density at radius 2 is 1.91 bits per heavy atom. The van der Waals surface area contributed by atoms with Gasteiger partial charge < -0.3 is 10.2 Å². The third-order valence-corrected chi connectivity index (χ3v) is 4.37. The van der Waals surface area contributed by atoms with E-state index >= 15 is 0 Å². The topological polar surface area (TPSA) is 52.7 Å². The Hall–Kier alpha value is -1.95. The summed E-state index contributed by atoms with van der Waals surface area (Å²) in [6.45, 7) is 3.78. The van der Waals surface area contributed by atoms with Crippen LogP contribution in [0.15, 0.2) is 24.3 Å². The lowest BCUT2D eigenvalue weighted by molar-refractivity contribution is -0.134. The van der Waals surface area contributed by atoms with E-state index in [4.69, 9.17) is 0 Å². The zero-order valence-corrected chi connectivity index (χ0v) is 13.1. The minimum Gasteiger partial charge on any atom is -0.340 e. The predicted molar refractivity (Wildman–Crippen MR) is 85.4 cm³/mol. The molecule has 0 bridgehead atoms. The van der Waals surface area contributed by atoms with E-state index in [0.29, 0.717) is 24.6 Å². The maximum atomic E-state index is 13.1. The van der Waals surface area contributed by atoms with Crippen molar-refractivity contribution < 1.29 is 14.0 Å². The number of hydrogen-bond donors (Lipinski definition) is 1. The first-order chi connectivity index (χ1) is 11.1. The summed E-state index contributed by atoms with van der Waals surface area (Å²) in [6.07, 6.45) is 2.45. The number of carbonyl (C=O) groups is 2. The van der Waals surface area contributed by atoms with Crippen molar-refractivity contribution in [3.63, 3.8) is 0 Å². The molecule has 1 aromatic carbocycles. The Bertz CT molecular complexity index is 581. The molecule has 1 aromatic rings. The monoisotopic (exact) mass is 319 g/mol. The summed E-state index contributed by atoms with van der Waals surface area (Å²) in [5.41, 5.74) is 0.481. The van der Waals surface area contributed by atoms with Crippen molar-refractivity contribution in [2.45, 2.75) is 19.3 Å². The maximum absolute atomic E-state index is 13.1. The molecule has 2 aliphatic rings. The van der Waals surface area contributed by atoms with Gasteiger partial charge in [0.1, 0.15) is 5.82 Å². The number of anilines is 1. The normalized spacial score (nSPS) is 18.7. The third-order valence-electron chi connectivity index (χ3n) is 4.37. The highest BCUT2D eigenvalue weighted by Gasteiger charge is 2.34. The number of hydrogen-bond acceptors (Lipinski definition) is 3. The van der Waals surface area contributed by atoms with Gasteiger partial charge in [-0.15, -0.1) is 0 Å². The van der Waals surface area contributed by atoms with Gasteiger partial charge in [0.15, 0.2) is 0 Å². The van der Waals surface area contributed by atoms with Crippen LogP contribution in [0.2, 0.25) is 0 Å². The van der Waals surface area contributed by atoms with Crippen molar-refractivity contribution in [3.8, 4) is 0 Å². The van der Waals surface area contributed by atoms with E-state index in [-0.39, 0.29) is 17.6 Å². The highest BCUT2D eigenvalue weighted by Crippen LogP contribution is 2.31. The number of benzene rings is 1. The Labute approximate surface area is 135 Å². The molecule has 0 radical (unpaired) electrons. The largest absolute Gasteiger partial charge is 0.340 e. The Balaban J connectivity index is 1.37.